The average molecular weight is 739 g/mol. The van der Waals surface area contributed by atoms with Crippen LogP contribution in [-0.2, 0) is 28.4 Å². The fourth-order valence-corrected chi connectivity index (χ4v) is 12.6. The van der Waals surface area contributed by atoms with Crippen LogP contribution in [0.3, 0.4) is 0 Å². The fourth-order valence-electron chi connectivity index (χ4n) is 12.6. The molecule has 3 saturated carbocycles. The molecule has 0 aromatic heterocycles. The maximum Gasteiger partial charge on any atom is 0.187 e. The first kappa shape index (κ1) is 38.1. The predicted molar refractivity (Wildman–Crippen MR) is 183 cm³/mol. The summed E-state index contributed by atoms with van der Waals surface area (Å²) in [7, 11) is 0. The van der Waals surface area contributed by atoms with Gasteiger partial charge < -0.3 is 64.2 Å². The molecule has 4 aliphatic carbocycles. The van der Waals surface area contributed by atoms with E-state index in [0.717, 1.165) is 50.7 Å². The Bertz CT molecular complexity index is 1340. The van der Waals surface area contributed by atoms with Crippen LogP contribution in [0.15, 0.2) is 11.6 Å². The lowest BCUT2D eigenvalue weighted by molar-refractivity contribution is -0.374. The molecule has 8 unspecified atom stereocenters. The van der Waals surface area contributed by atoms with E-state index in [1.807, 2.05) is 0 Å². The lowest BCUT2D eigenvalue weighted by Gasteiger charge is -2.60. The summed E-state index contributed by atoms with van der Waals surface area (Å²) in [5.41, 5.74) is 0.762. The van der Waals surface area contributed by atoms with Gasteiger partial charge in [-0.2, -0.15) is 0 Å². The molecule has 7 fully saturated rings. The van der Waals surface area contributed by atoms with E-state index in [1.165, 1.54) is 6.92 Å². The van der Waals surface area contributed by atoms with Crippen LogP contribution >= 0.6 is 0 Å². The van der Waals surface area contributed by atoms with Gasteiger partial charge in [0, 0.05) is 24.2 Å². The summed E-state index contributed by atoms with van der Waals surface area (Å²) in [6.07, 6.45) is -5.95. The molecule has 296 valence electrons. The minimum atomic E-state index is -1.66. The van der Waals surface area contributed by atoms with Gasteiger partial charge >= 0.3 is 0 Å². The second-order valence-electron chi connectivity index (χ2n) is 18.3. The quantitative estimate of drug-likeness (QED) is 0.200. The molecule has 8 rings (SSSR count). The van der Waals surface area contributed by atoms with Crippen molar-refractivity contribution in [1.29, 1.82) is 0 Å². The molecule has 0 radical (unpaired) electrons. The summed E-state index contributed by atoms with van der Waals surface area (Å²) in [5.74, 6) is 1.86. The van der Waals surface area contributed by atoms with Gasteiger partial charge in [0.05, 0.1) is 37.6 Å². The van der Waals surface area contributed by atoms with Crippen molar-refractivity contribution in [3.05, 3.63) is 11.6 Å². The van der Waals surface area contributed by atoms with Crippen molar-refractivity contribution < 1.29 is 64.2 Å². The van der Waals surface area contributed by atoms with Gasteiger partial charge in [-0.3, -0.25) is 0 Å². The number of rotatable bonds is 5. The van der Waals surface area contributed by atoms with Crippen LogP contribution in [0.2, 0.25) is 0 Å². The van der Waals surface area contributed by atoms with Crippen LogP contribution < -0.4 is 0 Å². The number of ether oxygens (including phenoxy) is 6. The molecule has 22 atom stereocenters. The predicted octanol–water partition coefficient (Wildman–Crippen LogP) is 1.36. The van der Waals surface area contributed by atoms with Crippen LogP contribution in [0, 0.1) is 46.3 Å². The van der Waals surface area contributed by atoms with Gasteiger partial charge in [-0.25, -0.2) is 0 Å². The van der Waals surface area contributed by atoms with Crippen molar-refractivity contribution in [1.82, 2.24) is 0 Å². The highest BCUT2D eigenvalue weighted by Gasteiger charge is 2.69. The molecule has 4 saturated heterocycles. The maximum absolute atomic E-state index is 11.3. The third-order valence-electron chi connectivity index (χ3n) is 15.6. The zero-order valence-corrected chi connectivity index (χ0v) is 31.2. The van der Waals surface area contributed by atoms with Gasteiger partial charge in [-0.15, -0.1) is 0 Å². The lowest BCUT2D eigenvalue weighted by Crippen LogP contribution is -2.65. The molecule has 52 heavy (non-hydrogen) atoms. The number of hydrogen-bond donors (Lipinski definition) is 7. The smallest absolute Gasteiger partial charge is 0.187 e. The third kappa shape index (κ3) is 5.74. The van der Waals surface area contributed by atoms with Crippen LogP contribution in [-0.4, -0.2) is 134 Å². The minimum Gasteiger partial charge on any atom is -0.394 e. The van der Waals surface area contributed by atoms with Crippen molar-refractivity contribution >= 4 is 0 Å². The summed E-state index contributed by atoms with van der Waals surface area (Å²) < 4.78 is 38.2. The fraction of sp³-hybridized carbons (Fsp3) is 0.949. The molecule has 8 aliphatic rings. The van der Waals surface area contributed by atoms with Gasteiger partial charge in [0.25, 0.3) is 0 Å². The third-order valence-corrected chi connectivity index (χ3v) is 15.6. The highest BCUT2D eigenvalue weighted by atomic mass is 16.8. The summed E-state index contributed by atoms with van der Waals surface area (Å²) >= 11 is 0. The molecule has 4 aliphatic heterocycles. The molecule has 0 aromatic carbocycles. The second-order valence-corrected chi connectivity index (χ2v) is 18.3. The topological polar surface area (TPSA) is 197 Å². The molecule has 0 aromatic rings. The lowest BCUT2D eigenvalue weighted by atomic mass is 9.46. The SMILES string of the molecule is CC1O[C@@H](OC2C(O)[C@@H](O)C(CO)O[C@@H]2O[C@@H]2C[C@@H](O)CC3=CC[C@H]4C5C[C@@H]6O[C@]7(CC[C@@H](C)CO7)[C@@H](C)[C@@H]6[C@@]5(C)CCC4[C@]32C)C(O)C(O)[C@H]1O. The monoisotopic (exact) mass is 738 g/mol. The number of aliphatic hydroxyl groups is 7. The largest absolute Gasteiger partial charge is 0.394 e. The number of fused-ring (bicyclic) bond motifs is 7. The number of hydrogen-bond acceptors (Lipinski definition) is 13. The highest BCUT2D eigenvalue weighted by Crippen LogP contribution is 2.71. The van der Waals surface area contributed by atoms with Gasteiger partial charge in [-0.05, 0) is 80.5 Å². The Hall–Kier alpha value is -0.780. The molecule has 13 heteroatoms. The Morgan fingerprint density at radius 1 is 0.827 bits per heavy atom. The maximum atomic E-state index is 11.3. The van der Waals surface area contributed by atoms with E-state index >= 15 is 0 Å². The standard InChI is InChI=1S/C39H62O13/c1-17-8-11-39(47-16-17)18(2)28-25(52-39)14-24-22-7-6-20-12-21(41)13-27(38(20,5)23(22)9-10-37(24,28)4)50-36-34(32(45)30(43)26(15-40)49-36)51-35-33(46)31(44)29(42)19(3)48-35/h6,17-19,21-36,40-46H,7-16H2,1-5H3/t17-,18+,19?,21+,22-,23?,24?,25+,26?,27-,28+,29+,30+,31?,32?,33?,34?,35+,36-,37+,38+,39-/m1/s1. The molecule has 13 nitrogen and oxygen atoms in total. The zero-order valence-electron chi connectivity index (χ0n) is 31.2. The van der Waals surface area contributed by atoms with Crippen molar-refractivity contribution in [3.8, 4) is 0 Å². The zero-order chi connectivity index (χ0) is 37.1. The van der Waals surface area contributed by atoms with Crippen molar-refractivity contribution in [2.45, 2.75) is 171 Å². The molecule has 1 spiro atoms. The van der Waals surface area contributed by atoms with Gasteiger partial charge in [0.1, 0.15) is 42.7 Å². The van der Waals surface area contributed by atoms with E-state index < -0.39 is 91.4 Å². The Labute approximate surface area is 306 Å². The van der Waals surface area contributed by atoms with Crippen LogP contribution in [0.4, 0.5) is 0 Å². The number of aliphatic hydroxyl groups excluding tert-OH is 7. The Kier molecular flexibility index (Phi) is 10.0. The molecular formula is C39H62O13. The highest BCUT2D eigenvalue weighted by molar-refractivity contribution is 5.29. The van der Waals surface area contributed by atoms with E-state index in [0.29, 0.717) is 42.4 Å². The molecule has 0 bridgehead atoms. The summed E-state index contributed by atoms with van der Waals surface area (Å²) in [4.78, 5) is 0. The van der Waals surface area contributed by atoms with Gasteiger partial charge in [0.2, 0.25) is 0 Å². The molecular weight excluding hydrogens is 676 g/mol. The number of allylic oxidation sites excluding steroid dienone is 1. The Balaban J connectivity index is 1.06. The van der Waals surface area contributed by atoms with Crippen LogP contribution in [0.5, 0.6) is 0 Å². The van der Waals surface area contributed by atoms with E-state index in [2.05, 4.69) is 33.8 Å². The first-order valence-electron chi connectivity index (χ1n) is 19.9. The minimum absolute atomic E-state index is 0.101. The van der Waals surface area contributed by atoms with Crippen molar-refractivity contribution in [2.75, 3.05) is 13.2 Å². The first-order valence-corrected chi connectivity index (χ1v) is 19.9. The molecule has 7 N–H and O–H groups in total. The van der Waals surface area contributed by atoms with E-state index in [-0.39, 0.29) is 17.4 Å². The van der Waals surface area contributed by atoms with E-state index in [1.54, 1.807) is 0 Å². The Morgan fingerprint density at radius 2 is 1.60 bits per heavy atom. The molecule has 4 heterocycles. The second kappa shape index (κ2) is 13.7. The summed E-state index contributed by atoms with van der Waals surface area (Å²) in [6, 6.07) is 0. The van der Waals surface area contributed by atoms with Crippen LogP contribution in [0.1, 0.15) is 86.0 Å². The van der Waals surface area contributed by atoms with Crippen molar-refractivity contribution in [3.63, 3.8) is 0 Å². The summed E-state index contributed by atoms with van der Waals surface area (Å²) in [6.45, 7) is 11.0. The van der Waals surface area contributed by atoms with E-state index in [4.69, 9.17) is 28.4 Å². The normalized spacial score (nSPS) is 58.9. The summed E-state index contributed by atoms with van der Waals surface area (Å²) in [5, 5.41) is 74.9. The molecule has 0 amide bonds. The Morgan fingerprint density at radius 3 is 2.31 bits per heavy atom. The average Bonchev–Trinajstić information content (AvgIpc) is 3.56. The van der Waals surface area contributed by atoms with Gasteiger partial charge in [-0.1, -0.05) is 39.3 Å². The van der Waals surface area contributed by atoms with Gasteiger partial charge in [0.15, 0.2) is 18.4 Å². The van der Waals surface area contributed by atoms with E-state index in [9.17, 15) is 35.7 Å². The van der Waals surface area contributed by atoms with Crippen LogP contribution in [0.25, 0.3) is 0 Å². The first-order chi connectivity index (χ1) is 24.6. The van der Waals surface area contributed by atoms with Crippen molar-refractivity contribution in [2.24, 2.45) is 46.3 Å².